The van der Waals surface area contributed by atoms with Gasteiger partial charge < -0.3 is 0 Å². The zero-order valence-corrected chi connectivity index (χ0v) is 12.6. The molecule has 0 radical (unpaired) electrons. The molecular weight excluding hydrogens is 224 g/mol. The second-order valence-corrected chi connectivity index (χ2v) is 5.46. The van der Waals surface area contributed by atoms with Crippen LogP contribution in [0.15, 0.2) is 0 Å². The fourth-order valence-electron chi connectivity index (χ4n) is 2.37. The lowest BCUT2D eigenvalue weighted by molar-refractivity contribution is -0.280. The van der Waals surface area contributed by atoms with Gasteiger partial charge in [0.2, 0.25) is 0 Å². The largest absolute Gasteiger partial charge is 0.252 e. The molecule has 0 aromatic rings. The van der Waals surface area contributed by atoms with Gasteiger partial charge >= 0.3 is 0 Å². The summed E-state index contributed by atoms with van der Waals surface area (Å²) in [6.45, 7) is 4.32. The van der Waals surface area contributed by atoms with Crippen LogP contribution in [0.5, 0.6) is 0 Å². The van der Waals surface area contributed by atoms with Crippen molar-refractivity contribution in [3.05, 3.63) is 0 Å². The molecule has 0 aliphatic carbocycles. The van der Waals surface area contributed by atoms with Gasteiger partial charge in [0.15, 0.2) is 0 Å². The smallest absolute Gasteiger partial charge is 0.0924 e. The number of unbranched alkanes of at least 4 members (excludes halogenated alkanes) is 10. The molecule has 1 unspecified atom stereocenters. The summed E-state index contributed by atoms with van der Waals surface area (Å²) in [5.41, 5.74) is 0. The summed E-state index contributed by atoms with van der Waals surface area (Å²) in [5.74, 6) is 0. The SMILES string of the molecule is CCCCCCCCCCCCCC(CC)OO. The molecule has 0 spiro atoms. The van der Waals surface area contributed by atoms with Gasteiger partial charge in [0.25, 0.3) is 0 Å². The summed E-state index contributed by atoms with van der Waals surface area (Å²) >= 11 is 0. The molecule has 0 saturated heterocycles. The Morgan fingerprint density at radius 3 is 1.56 bits per heavy atom. The molecule has 0 rings (SSSR count). The van der Waals surface area contributed by atoms with E-state index in [9.17, 15) is 0 Å². The van der Waals surface area contributed by atoms with Crippen molar-refractivity contribution in [2.24, 2.45) is 0 Å². The van der Waals surface area contributed by atoms with E-state index in [0.29, 0.717) is 0 Å². The third-order valence-corrected chi connectivity index (χ3v) is 3.73. The van der Waals surface area contributed by atoms with Gasteiger partial charge in [0, 0.05) is 0 Å². The lowest BCUT2D eigenvalue weighted by atomic mass is 10.0. The highest BCUT2D eigenvalue weighted by atomic mass is 17.1. The summed E-state index contributed by atoms with van der Waals surface area (Å²) in [7, 11) is 0. The van der Waals surface area contributed by atoms with Crippen LogP contribution < -0.4 is 0 Å². The van der Waals surface area contributed by atoms with Crippen LogP contribution in [0.3, 0.4) is 0 Å². The maximum absolute atomic E-state index is 8.59. The van der Waals surface area contributed by atoms with E-state index in [1.807, 2.05) is 0 Å². The molecule has 0 aromatic carbocycles. The molecule has 2 nitrogen and oxygen atoms in total. The third-order valence-electron chi connectivity index (χ3n) is 3.73. The Labute approximate surface area is 114 Å². The van der Waals surface area contributed by atoms with Gasteiger partial charge in [-0.05, 0) is 12.8 Å². The zero-order chi connectivity index (χ0) is 13.5. The highest BCUT2D eigenvalue weighted by Gasteiger charge is 2.04. The maximum atomic E-state index is 8.59. The lowest BCUT2D eigenvalue weighted by Crippen LogP contribution is -2.08. The van der Waals surface area contributed by atoms with Crippen molar-refractivity contribution in [3.8, 4) is 0 Å². The molecule has 18 heavy (non-hydrogen) atoms. The highest BCUT2D eigenvalue weighted by Crippen LogP contribution is 2.13. The monoisotopic (exact) mass is 258 g/mol. The Balaban J connectivity index is 3.03. The zero-order valence-electron chi connectivity index (χ0n) is 12.6. The minimum absolute atomic E-state index is 0.0589. The van der Waals surface area contributed by atoms with Gasteiger partial charge in [-0.1, -0.05) is 84.5 Å². The maximum Gasteiger partial charge on any atom is 0.0924 e. The molecule has 0 aliphatic heterocycles. The molecule has 0 bridgehead atoms. The summed E-state index contributed by atoms with van der Waals surface area (Å²) in [6, 6.07) is 0. The third kappa shape index (κ3) is 12.4. The Hall–Kier alpha value is -0.0800. The predicted octanol–water partition coefficient (Wildman–Crippen LogP) is 5.96. The van der Waals surface area contributed by atoms with Crippen LogP contribution >= 0.6 is 0 Å². The normalized spacial score (nSPS) is 12.8. The topological polar surface area (TPSA) is 29.5 Å². The van der Waals surface area contributed by atoms with E-state index in [0.717, 1.165) is 12.8 Å². The lowest BCUT2D eigenvalue weighted by Gasteiger charge is -2.09. The van der Waals surface area contributed by atoms with Crippen LogP contribution in [0.1, 0.15) is 97.3 Å². The first kappa shape index (κ1) is 17.9. The fourth-order valence-corrected chi connectivity index (χ4v) is 2.37. The molecule has 0 amide bonds. The van der Waals surface area contributed by atoms with Crippen LogP contribution in [0, 0.1) is 0 Å². The number of hydrogen-bond acceptors (Lipinski definition) is 2. The second-order valence-electron chi connectivity index (χ2n) is 5.46. The Kier molecular flexibility index (Phi) is 14.9. The Morgan fingerprint density at radius 1 is 0.722 bits per heavy atom. The van der Waals surface area contributed by atoms with Gasteiger partial charge in [0.1, 0.15) is 0 Å². The first-order valence-corrected chi connectivity index (χ1v) is 8.15. The fraction of sp³-hybridized carbons (Fsp3) is 1.00. The molecule has 0 fully saturated rings. The minimum atomic E-state index is 0.0589. The summed E-state index contributed by atoms with van der Waals surface area (Å²) in [6.07, 6.45) is 17.0. The van der Waals surface area contributed by atoms with Crippen molar-refractivity contribution in [2.75, 3.05) is 0 Å². The van der Waals surface area contributed by atoms with Crippen molar-refractivity contribution < 1.29 is 10.1 Å². The molecular formula is C16H34O2. The summed E-state index contributed by atoms with van der Waals surface area (Å²) in [4.78, 5) is 4.39. The number of hydrogen-bond donors (Lipinski definition) is 1. The molecule has 0 aliphatic rings. The van der Waals surface area contributed by atoms with Gasteiger partial charge in [-0.3, -0.25) is 5.26 Å². The Morgan fingerprint density at radius 2 is 1.17 bits per heavy atom. The van der Waals surface area contributed by atoms with Crippen molar-refractivity contribution in [1.82, 2.24) is 0 Å². The van der Waals surface area contributed by atoms with Crippen molar-refractivity contribution in [1.29, 1.82) is 0 Å². The molecule has 0 aromatic heterocycles. The molecule has 0 heterocycles. The summed E-state index contributed by atoms with van der Waals surface area (Å²) in [5, 5.41) is 8.59. The second kappa shape index (κ2) is 15.0. The van der Waals surface area contributed by atoms with E-state index in [4.69, 9.17) is 5.26 Å². The minimum Gasteiger partial charge on any atom is -0.252 e. The average molecular weight is 258 g/mol. The quantitative estimate of drug-likeness (QED) is 0.237. The number of rotatable bonds is 14. The molecule has 0 saturated carbocycles. The van der Waals surface area contributed by atoms with Gasteiger partial charge in [-0.15, -0.1) is 0 Å². The van der Waals surface area contributed by atoms with Crippen LogP contribution in [0.4, 0.5) is 0 Å². The highest BCUT2D eigenvalue weighted by molar-refractivity contribution is 4.54. The van der Waals surface area contributed by atoms with Crippen molar-refractivity contribution in [2.45, 2.75) is 103 Å². The Bertz CT molecular complexity index is 144. The van der Waals surface area contributed by atoms with E-state index < -0.39 is 0 Å². The van der Waals surface area contributed by atoms with E-state index >= 15 is 0 Å². The van der Waals surface area contributed by atoms with Gasteiger partial charge in [0.05, 0.1) is 6.10 Å². The molecule has 110 valence electrons. The molecule has 2 heteroatoms. The average Bonchev–Trinajstić information content (AvgIpc) is 2.40. The van der Waals surface area contributed by atoms with E-state index in [-0.39, 0.29) is 6.10 Å². The first-order chi connectivity index (χ1) is 8.85. The van der Waals surface area contributed by atoms with Crippen molar-refractivity contribution in [3.63, 3.8) is 0 Å². The van der Waals surface area contributed by atoms with Crippen LogP contribution in [0.25, 0.3) is 0 Å². The van der Waals surface area contributed by atoms with Gasteiger partial charge in [-0.25, -0.2) is 4.89 Å². The summed E-state index contributed by atoms with van der Waals surface area (Å²) < 4.78 is 0. The van der Waals surface area contributed by atoms with E-state index in [1.54, 1.807) is 0 Å². The van der Waals surface area contributed by atoms with E-state index in [2.05, 4.69) is 18.7 Å². The van der Waals surface area contributed by atoms with Crippen molar-refractivity contribution >= 4 is 0 Å². The molecule has 1 N–H and O–H groups in total. The predicted molar refractivity (Wildman–Crippen MR) is 78.9 cm³/mol. The van der Waals surface area contributed by atoms with Crippen LogP contribution in [-0.4, -0.2) is 11.4 Å². The first-order valence-electron chi connectivity index (χ1n) is 8.15. The van der Waals surface area contributed by atoms with Gasteiger partial charge in [-0.2, -0.15) is 0 Å². The van der Waals surface area contributed by atoms with Crippen LogP contribution in [-0.2, 0) is 4.89 Å². The standard InChI is InChI=1S/C16H34O2/c1-3-5-6-7-8-9-10-11-12-13-14-15-16(4-2)18-17/h16-17H,3-15H2,1-2H3. The van der Waals surface area contributed by atoms with E-state index in [1.165, 1.54) is 70.6 Å². The van der Waals surface area contributed by atoms with Crippen LogP contribution in [0.2, 0.25) is 0 Å². The molecule has 1 atom stereocenters.